The lowest BCUT2D eigenvalue weighted by molar-refractivity contribution is -0.187. The number of piperidine rings is 1. The van der Waals surface area contributed by atoms with E-state index >= 15 is 0 Å². The fourth-order valence-electron chi connectivity index (χ4n) is 1.95. The summed E-state index contributed by atoms with van der Waals surface area (Å²) in [5.74, 6) is 0.140. The highest BCUT2D eigenvalue weighted by Gasteiger charge is 2.34. The van der Waals surface area contributed by atoms with Crippen molar-refractivity contribution in [2.24, 2.45) is 0 Å². The van der Waals surface area contributed by atoms with Crippen LogP contribution in [0.2, 0.25) is 0 Å². The number of nitrogens with one attached hydrogen (secondary N) is 1. The zero-order valence-corrected chi connectivity index (χ0v) is 7.95. The minimum absolute atomic E-state index is 0.0643. The SMILES string of the molecule is CC1CC(=O)N(C2CCCNC2)O1. The van der Waals surface area contributed by atoms with Gasteiger partial charge in [0.2, 0.25) is 5.91 Å². The Hall–Kier alpha value is -0.610. The number of hydrogen-bond acceptors (Lipinski definition) is 3. The lowest BCUT2D eigenvalue weighted by Crippen LogP contribution is -2.46. The molecule has 0 bridgehead atoms. The van der Waals surface area contributed by atoms with Crippen molar-refractivity contribution in [2.45, 2.75) is 38.3 Å². The number of nitrogens with zero attached hydrogens (tertiary/aromatic N) is 1. The van der Waals surface area contributed by atoms with E-state index in [1.807, 2.05) is 6.92 Å². The maximum atomic E-state index is 11.5. The molecule has 2 rings (SSSR count). The van der Waals surface area contributed by atoms with Gasteiger partial charge in [-0.2, -0.15) is 0 Å². The van der Waals surface area contributed by atoms with Crippen molar-refractivity contribution >= 4 is 5.91 Å². The predicted molar refractivity (Wildman–Crippen MR) is 47.9 cm³/mol. The summed E-state index contributed by atoms with van der Waals surface area (Å²) in [6, 6.07) is 0.256. The van der Waals surface area contributed by atoms with Gasteiger partial charge in [-0.15, -0.1) is 0 Å². The summed E-state index contributed by atoms with van der Waals surface area (Å²) in [6.45, 7) is 3.88. The molecule has 0 spiro atoms. The molecule has 2 saturated heterocycles. The van der Waals surface area contributed by atoms with Crippen LogP contribution in [0.3, 0.4) is 0 Å². The van der Waals surface area contributed by atoms with Crippen molar-refractivity contribution in [1.82, 2.24) is 10.4 Å². The predicted octanol–water partition coefficient (Wildman–Crippen LogP) is 0.291. The maximum absolute atomic E-state index is 11.5. The number of hydrogen-bond donors (Lipinski definition) is 1. The number of carbonyl (C=O) groups is 1. The third-order valence-electron chi connectivity index (χ3n) is 2.60. The summed E-state index contributed by atoms with van der Waals surface area (Å²) >= 11 is 0. The van der Waals surface area contributed by atoms with Crippen molar-refractivity contribution in [3.8, 4) is 0 Å². The monoisotopic (exact) mass is 184 g/mol. The third-order valence-corrected chi connectivity index (χ3v) is 2.60. The third kappa shape index (κ3) is 1.84. The second-order valence-electron chi connectivity index (χ2n) is 3.84. The van der Waals surface area contributed by atoms with Crippen LogP contribution in [0.25, 0.3) is 0 Å². The summed E-state index contributed by atoms with van der Waals surface area (Å²) in [6.07, 6.45) is 2.79. The molecule has 2 aliphatic rings. The molecule has 2 heterocycles. The molecule has 4 nitrogen and oxygen atoms in total. The van der Waals surface area contributed by atoms with Crippen LogP contribution in [0.5, 0.6) is 0 Å². The molecular formula is C9H16N2O2. The molecule has 2 aliphatic heterocycles. The molecule has 13 heavy (non-hydrogen) atoms. The van der Waals surface area contributed by atoms with Crippen LogP contribution in [0.4, 0.5) is 0 Å². The van der Waals surface area contributed by atoms with E-state index in [4.69, 9.17) is 4.84 Å². The molecule has 1 N–H and O–H groups in total. The van der Waals surface area contributed by atoms with E-state index in [1.165, 1.54) is 0 Å². The summed E-state index contributed by atoms with van der Waals surface area (Å²) in [5.41, 5.74) is 0. The first kappa shape index (κ1) is 8.97. The molecule has 74 valence electrons. The van der Waals surface area contributed by atoms with Crippen LogP contribution >= 0.6 is 0 Å². The van der Waals surface area contributed by atoms with Crippen LogP contribution in [-0.2, 0) is 9.63 Å². The van der Waals surface area contributed by atoms with Crippen molar-refractivity contribution < 1.29 is 9.63 Å². The summed E-state index contributed by atoms with van der Waals surface area (Å²) < 4.78 is 0. The van der Waals surface area contributed by atoms with Gasteiger partial charge in [0.15, 0.2) is 0 Å². The van der Waals surface area contributed by atoms with Crippen molar-refractivity contribution in [2.75, 3.05) is 13.1 Å². The molecule has 2 fully saturated rings. The van der Waals surface area contributed by atoms with E-state index in [2.05, 4.69) is 5.32 Å². The van der Waals surface area contributed by atoms with E-state index in [-0.39, 0.29) is 18.1 Å². The number of carbonyl (C=O) groups excluding carboxylic acids is 1. The zero-order valence-electron chi connectivity index (χ0n) is 7.95. The Morgan fingerprint density at radius 3 is 3.00 bits per heavy atom. The molecule has 0 saturated carbocycles. The molecule has 0 radical (unpaired) electrons. The molecule has 0 aliphatic carbocycles. The molecule has 2 atom stereocenters. The Labute approximate surface area is 78.2 Å². The summed E-state index contributed by atoms with van der Waals surface area (Å²) in [7, 11) is 0. The zero-order chi connectivity index (χ0) is 9.26. The number of rotatable bonds is 1. The van der Waals surface area contributed by atoms with Gasteiger partial charge in [0, 0.05) is 6.54 Å². The minimum Gasteiger partial charge on any atom is -0.315 e. The van der Waals surface area contributed by atoms with Crippen molar-refractivity contribution in [3.05, 3.63) is 0 Å². The fraction of sp³-hybridized carbons (Fsp3) is 0.889. The Morgan fingerprint density at radius 2 is 2.46 bits per heavy atom. The van der Waals surface area contributed by atoms with Crippen LogP contribution < -0.4 is 5.32 Å². The second-order valence-corrected chi connectivity index (χ2v) is 3.84. The van der Waals surface area contributed by atoms with Gasteiger partial charge >= 0.3 is 0 Å². The van der Waals surface area contributed by atoms with Crippen LogP contribution in [0, 0.1) is 0 Å². The highest BCUT2D eigenvalue weighted by Crippen LogP contribution is 2.20. The van der Waals surface area contributed by atoms with Gasteiger partial charge in [-0.05, 0) is 26.3 Å². The van der Waals surface area contributed by atoms with Gasteiger partial charge in [-0.1, -0.05) is 0 Å². The average molecular weight is 184 g/mol. The number of amides is 1. The van der Waals surface area contributed by atoms with E-state index in [0.717, 1.165) is 25.9 Å². The average Bonchev–Trinajstić information content (AvgIpc) is 2.47. The Morgan fingerprint density at radius 1 is 1.62 bits per heavy atom. The Kier molecular flexibility index (Phi) is 2.51. The normalized spacial score (nSPS) is 35.5. The maximum Gasteiger partial charge on any atom is 0.249 e. The number of hydroxylamine groups is 2. The first-order valence-electron chi connectivity index (χ1n) is 4.97. The molecule has 4 heteroatoms. The van der Waals surface area contributed by atoms with Gasteiger partial charge in [0.1, 0.15) is 0 Å². The molecule has 2 unspecified atom stereocenters. The Balaban J connectivity index is 1.95. The van der Waals surface area contributed by atoms with Gasteiger partial charge < -0.3 is 5.32 Å². The lowest BCUT2D eigenvalue weighted by atomic mass is 10.1. The standard InChI is InChI=1S/C9H16N2O2/c1-7-5-9(12)11(13-7)8-3-2-4-10-6-8/h7-8,10H,2-6H2,1H3. The van der Waals surface area contributed by atoms with Crippen LogP contribution in [0.15, 0.2) is 0 Å². The summed E-state index contributed by atoms with van der Waals surface area (Å²) in [5, 5.41) is 4.85. The van der Waals surface area contributed by atoms with E-state index in [9.17, 15) is 4.79 Å². The minimum atomic E-state index is 0.0643. The first-order valence-corrected chi connectivity index (χ1v) is 4.97. The van der Waals surface area contributed by atoms with E-state index in [0.29, 0.717) is 6.42 Å². The Bertz CT molecular complexity index is 202. The molecule has 0 aromatic rings. The molecular weight excluding hydrogens is 168 g/mol. The van der Waals surface area contributed by atoms with E-state index < -0.39 is 0 Å². The highest BCUT2D eigenvalue weighted by atomic mass is 16.7. The van der Waals surface area contributed by atoms with Gasteiger partial charge in [-0.3, -0.25) is 9.63 Å². The smallest absolute Gasteiger partial charge is 0.249 e. The highest BCUT2D eigenvalue weighted by molar-refractivity contribution is 5.77. The fourth-order valence-corrected chi connectivity index (χ4v) is 1.95. The van der Waals surface area contributed by atoms with E-state index in [1.54, 1.807) is 5.06 Å². The molecule has 0 aromatic heterocycles. The van der Waals surface area contributed by atoms with Gasteiger partial charge in [0.25, 0.3) is 0 Å². The molecule has 1 amide bonds. The molecule has 0 aromatic carbocycles. The van der Waals surface area contributed by atoms with Gasteiger partial charge in [-0.25, -0.2) is 5.06 Å². The lowest BCUT2D eigenvalue weighted by Gasteiger charge is -2.30. The second kappa shape index (κ2) is 3.64. The van der Waals surface area contributed by atoms with Crippen molar-refractivity contribution in [1.29, 1.82) is 0 Å². The van der Waals surface area contributed by atoms with Gasteiger partial charge in [0.05, 0.1) is 18.6 Å². The van der Waals surface area contributed by atoms with Crippen LogP contribution in [0.1, 0.15) is 26.2 Å². The topological polar surface area (TPSA) is 41.6 Å². The summed E-state index contributed by atoms with van der Waals surface area (Å²) in [4.78, 5) is 16.9. The largest absolute Gasteiger partial charge is 0.315 e. The van der Waals surface area contributed by atoms with Crippen molar-refractivity contribution in [3.63, 3.8) is 0 Å². The quantitative estimate of drug-likeness (QED) is 0.637. The first-order chi connectivity index (χ1) is 6.27. The van der Waals surface area contributed by atoms with Crippen LogP contribution in [-0.4, -0.2) is 36.2 Å².